The fraction of sp³-hybridized carbons (Fsp3) is 0.533. The second kappa shape index (κ2) is 7.10. The zero-order valence-corrected chi connectivity index (χ0v) is 11.1. The molecule has 94 valence electrons. The van der Waals surface area contributed by atoms with Crippen LogP contribution in [0, 0.1) is 6.92 Å². The summed E-state index contributed by atoms with van der Waals surface area (Å²) in [5, 5.41) is 0. The molecule has 17 heavy (non-hydrogen) atoms. The minimum Gasteiger partial charge on any atom is -0.496 e. The van der Waals surface area contributed by atoms with E-state index >= 15 is 0 Å². The number of Topliss-reactive ketones (excluding diaryl/α,β-unsaturated/α-hetero) is 1. The minimum atomic E-state index is 0.196. The Labute approximate surface area is 104 Å². The Morgan fingerprint density at radius 2 is 2.00 bits per heavy atom. The van der Waals surface area contributed by atoms with Crippen LogP contribution in [-0.2, 0) is 0 Å². The number of unbranched alkanes of at least 4 members (excludes halogenated alkanes) is 3. The molecule has 0 amide bonds. The van der Waals surface area contributed by atoms with Gasteiger partial charge in [0.05, 0.1) is 12.7 Å². The number of carbonyl (C=O) groups is 1. The monoisotopic (exact) mass is 234 g/mol. The number of rotatable bonds is 7. The summed E-state index contributed by atoms with van der Waals surface area (Å²) in [6.07, 6.45) is 5.14. The van der Waals surface area contributed by atoms with Crippen molar-refractivity contribution in [3.8, 4) is 5.75 Å². The molecular weight excluding hydrogens is 212 g/mol. The molecule has 0 fully saturated rings. The number of carbonyl (C=O) groups excluding carboxylic acids is 1. The van der Waals surface area contributed by atoms with Gasteiger partial charge in [-0.1, -0.05) is 38.3 Å². The second-order valence-corrected chi connectivity index (χ2v) is 4.39. The Hall–Kier alpha value is -1.31. The predicted octanol–water partition coefficient (Wildman–Crippen LogP) is 4.16. The first-order valence-electron chi connectivity index (χ1n) is 6.37. The Morgan fingerprint density at radius 3 is 2.65 bits per heavy atom. The number of aryl methyl sites for hydroxylation is 1. The van der Waals surface area contributed by atoms with Crippen molar-refractivity contribution >= 4 is 5.78 Å². The van der Waals surface area contributed by atoms with Crippen LogP contribution >= 0.6 is 0 Å². The quantitative estimate of drug-likeness (QED) is 0.523. The fourth-order valence-corrected chi connectivity index (χ4v) is 1.99. The molecule has 0 aliphatic carbocycles. The van der Waals surface area contributed by atoms with Crippen molar-refractivity contribution in [1.82, 2.24) is 0 Å². The average molecular weight is 234 g/mol. The van der Waals surface area contributed by atoms with Crippen LogP contribution < -0.4 is 4.74 Å². The zero-order valence-electron chi connectivity index (χ0n) is 11.1. The zero-order chi connectivity index (χ0) is 12.7. The molecule has 0 heterocycles. The maximum Gasteiger partial charge on any atom is 0.166 e. The van der Waals surface area contributed by atoms with Gasteiger partial charge in [-0.05, 0) is 25.0 Å². The van der Waals surface area contributed by atoms with Gasteiger partial charge in [0.25, 0.3) is 0 Å². The van der Waals surface area contributed by atoms with Gasteiger partial charge < -0.3 is 4.74 Å². The number of ether oxygens (including phenoxy) is 1. The van der Waals surface area contributed by atoms with Crippen molar-refractivity contribution < 1.29 is 9.53 Å². The van der Waals surface area contributed by atoms with Crippen LogP contribution in [0.5, 0.6) is 5.75 Å². The molecule has 0 saturated heterocycles. The first-order valence-corrected chi connectivity index (χ1v) is 6.37. The molecule has 0 bridgehead atoms. The van der Waals surface area contributed by atoms with E-state index in [1.807, 2.05) is 25.1 Å². The van der Waals surface area contributed by atoms with Gasteiger partial charge in [0.1, 0.15) is 5.75 Å². The van der Waals surface area contributed by atoms with Crippen molar-refractivity contribution in [3.05, 3.63) is 29.3 Å². The third-order valence-corrected chi connectivity index (χ3v) is 2.97. The van der Waals surface area contributed by atoms with E-state index in [1.165, 1.54) is 12.8 Å². The summed E-state index contributed by atoms with van der Waals surface area (Å²) in [6.45, 7) is 4.14. The van der Waals surface area contributed by atoms with Crippen LogP contribution in [0.2, 0.25) is 0 Å². The predicted molar refractivity (Wildman–Crippen MR) is 70.8 cm³/mol. The largest absolute Gasteiger partial charge is 0.496 e. The van der Waals surface area contributed by atoms with Crippen molar-refractivity contribution in [3.63, 3.8) is 0 Å². The normalized spacial score (nSPS) is 10.3. The highest BCUT2D eigenvalue weighted by Crippen LogP contribution is 2.24. The molecule has 1 aromatic rings. The van der Waals surface area contributed by atoms with Gasteiger partial charge in [-0.25, -0.2) is 0 Å². The summed E-state index contributed by atoms with van der Waals surface area (Å²) in [5.74, 6) is 0.926. The van der Waals surface area contributed by atoms with E-state index in [0.717, 1.165) is 29.7 Å². The molecule has 0 atom stereocenters. The number of benzene rings is 1. The van der Waals surface area contributed by atoms with E-state index in [9.17, 15) is 4.79 Å². The van der Waals surface area contributed by atoms with E-state index in [2.05, 4.69) is 6.92 Å². The van der Waals surface area contributed by atoms with Gasteiger partial charge in [0.15, 0.2) is 5.78 Å². The van der Waals surface area contributed by atoms with E-state index in [0.29, 0.717) is 6.42 Å². The second-order valence-electron chi connectivity index (χ2n) is 4.39. The maximum atomic E-state index is 12.1. The molecule has 1 rings (SSSR count). The van der Waals surface area contributed by atoms with Crippen molar-refractivity contribution in [2.24, 2.45) is 0 Å². The SMILES string of the molecule is CCCCCCC(=O)c1cccc(C)c1OC. The fourth-order valence-electron chi connectivity index (χ4n) is 1.99. The van der Waals surface area contributed by atoms with Crippen LogP contribution in [0.25, 0.3) is 0 Å². The Balaban J connectivity index is 2.65. The molecule has 2 nitrogen and oxygen atoms in total. The standard InChI is InChI=1S/C15H22O2/c1-4-5-6-7-11-14(16)13-10-8-9-12(2)15(13)17-3/h8-10H,4-7,11H2,1-3H3. The molecule has 0 aliphatic heterocycles. The molecule has 2 heteroatoms. The summed E-state index contributed by atoms with van der Waals surface area (Å²) in [7, 11) is 1.62. The van der Waals surface area contributed by atoms with Gasteiger partial charge >= 0.3 is 0 Å². The van der Waals surface area contributed by atoms with Crippen molar-refractivity contribution in [1.29, 1.82) is 0 Å². The summed E-state index contributed by atoms with van der Waals surface area (Å²) in [5.41, 5.74) is 1.75. The van der Waals surface area contributed by atoms with Gasteiger partial charge in [0.2, 0.25) is 0 Å². The lowest BCUT2D eigenvalue weighted by Gasteiger charge is -2.10. The number of para-hydroxylation sites is 1. The van der Waals surface area contributed by atoms with E-state index in [-0.39, 0.29) is 5.78 Å². The molecule has 0 saturated carbocycles. The first kappa shape index (κ1) is 13.8. The minimum absolute atomic E-state index is 0.196. The van der Waals surface area contributed by atoms with E-state index in [1.54, 1.807) is 7.11 Å². The van der Waals surface area contributed by atoms with Gasteiger partial charge in [-0.15, -0.1) is 0 Å². The molecule has 0 N–H and O–H groups in total. The lowest BCUT2D eigenvalue weighted by molar-refractivity contribution is 0.0976. The summed E-state index contributed by atoms with van der Waals surface area (Å²) >= 11 is 0. The third kappa shape index (κ3) is 3.88. The molecule has 0 aromatic heterocycles. The topological polar surface area (TPSA) is 26.3 Å². The summed E-state index contributed by atoms with van der Waals surface area (Å²) in [6, 6.07) is 5.73. The number of methoxy groups -OCH3 is 1. The first-order chi connectivity index (χ1) is 8.20. The van der Waals surface area contributed by atoms with Gasteiger partial charge in [-0.2, -0.15) is 0 Å². The number of hydrogen-bond donors (Lipinski definition) is 0. The van der Waals surface area contributed by atoms with Crippen molar-refractivity contribution in [2.45, 2.75) is 46.0 Å². The van der Waals surface area contributed by atoms with E-state index in [4.69, 9.17) is 4.74 Å². The Bertz CT molecular complexity index is 369. The maximum absolute atomic E-state index is 12.1. The molecule has 0 aliphatic rings. The van der Waals surface area contributed by atoms with Crippen LogP contribution in [0.3, 0.4) is 0 Å². The number of hydrogen-bond acceptors (Lipinski definition) is 2. The lowest BCUT2D eigenvalue weighted by atomic mass is 10.0. The number of ketones is 1. The lowest BCUT2D eigenvalue weighted by Crippen LogP contribution is -2.03. The van der Waals surface area contributed by atoms with Crippen LogP contribution in [0.4, 0.5) is 0 Å². The highest BCUT2D eigenvalue weighted by atomic mass is 16.5. The molecule has 0 radical (unpaired) electrons. The highest BCUT2D eigenvalue weighted by molar-refractivity contribution is 5.99. The molecule has 0 unspecified atom stereocenters. The molecule has 1 aromatic carbocycles. The Kier molecular flexibility index (Phi) is 5.75. The average Bonchev–Trinajstić information content (AvgIpc) is 2.34. The van der Waals surface area contributed by atoms with Crippen LogP contribution in [-0.4, -0.2) is 12.9 Å². The molecular formula is C15H22O2. The van der Waals surface area contributed by atoms with E-state index < -0.39 is 0 Å². The van der Waals surface area contributed by atoms with Crippen molar-refractivity contribution in [2.75, 3.05) is 7.11 Å². The smallest absolute Gasteiger partial charge is 0.166 e. The summed E-state index contributed by atoms with van der Waals surface area (Å²) in [4.78, 5) is 12.1. The van der Waals surface area contributed by atoms with Crippen LogP contribution in [0.15, 0.2) is 18.2 Å². The highest BCUT2D eigenvalue weighted by Gasteiger charge is 2.13. The molecule has 0 spiro atoms. The Morgan fingerprint density at radius 1 is 1.24 bits per heavy atom. The summed E-state index contributed by atoms with van der Waals surface area (Å²) < 4.78 is 5.30. The third-order valence-electron chi connectivity index (χ3n) is 2.97. The van der Waals surface area contributed by atoms with Gasteiger partial charge in [0, 0.05) is 6.42 Å². The van der Waals surface area contributed by atoms with Crippen LogP contribution in [0.1, 0.15) is 54.9 Å². The van der Waals surface area contributed by atoms with Gasteiger partial charge in [-0.3, -0.25) is 4.79 Å².